The van der Waals surface area contributed by atoms with Crippen molar-refractivity contribution in [1.82, 2.24) is 14.7 Å². The first kappa shape index (κ1) is 19.9. The fourth-order valence-corrected chi connectivity index (χ4v) is 4.21. The van der Waals surface area contributed by atoms with Gasteiger partial charge < -0.3 is 14.7 Å². The molecule has 2 heterocycles. The highest BCUT2D eigenvalue weighted by Crippen LogP contribution is 2.24. The van der Waals surface area contributed by atoms with Crippen LogP contribution in [0.5, 0.6) is 0 Å². The van der Waals surface area contributed by atoms with Crippen LogP contribution in [0.15, 0.2) is 24.3 Å². The Morgan fingerprint density at radius 3 is 2.26 bits per heavy atom. The van der Waals surface area contributed by atoms with Gasteiger partial charge in [0.15, 0.2) is 0 Å². The fraction of sp³-hybridized carbons (Fsp3) is 0.636. The lowest BCUT2D eigenvalue weighted by Crippen LogP contribution is -2.48. The van der Waals surface area contributed by atoms with E-state index >= 15 is 0 Å². The van der Waals surface area contributed by atoms with Crippen LogP contribution in [0.4, 0.5) is 0 Å². The molecule has 0 aliphatic carbocycles. The van der Waals surface area contributed by atoms with E-state index in [4.69, 9.17) is 0 Å². The normalized spacial score (nSPS) is 19.3. The Bertz CT molecular complexity index is 645. The Morgan fingerprint density at radius 2 is 1.63 bits per heavy atom. The molecule has 2 saturated heterocycles. The summed E-state index contributed by atoms with van der Waals surface area (Å²) in [6, 6.07) is 7.81. The minimum atomic E-state index is 0.149. The molecule has 5 heteroatoms. The van der Waals surface area contributed by atoms with Gasteiger partial charge >= 0.3 is 0 Å². The molecule has 0 atom stereocenters. The number of amides is 2. The number of rotatable bonds is 5. The van der Waals surface area contributed by atoms with Gasteiger partial charge in [0.05, 0.1) is 0 Å². The molecule has 0 N–H and O–H groups in total. The van der Waals surface area contributed by atoms with Gasteiger partial charge in [-0.3, -0.25) is 9.59 Å². The number of carbonyl (C=O) groups is 2. The van der Waals surface area contributed by atoms with Crippen LogP contribution < -0.4 is 0 Å². The van der Waals surface area contributed by atoms with E-state index < -0.39 is 0 Å². The zero-order valence-corrected chi connectivity index (χ0v) is 16.8. The van der Waals surface area contributed by atoms with Crippen LogP contribution in [0.2, 0.25) is 0 Å². The number of hydrogen-bond donors (Lipinski definition) is 0. The second-order valence-electron chi connectivity index (χ2n) is 7.90. The van der Waals surface area contributed by atoms with Gasteiger partial charge in [-0.15, -0.1) is 0 Å². The van der Waals surface area contributed by atoms with Crippen molar-refractivity contribution >= 4 is 11.8 Å². The van der Waals surface area contributed by atoms with E-state index in [0.29, 0.717) is 18.2 Å². The number of nitrogens with zero attached hydrogens (tertiary/aromatic N) is 3. The molecular weight excluding hydrogens is 338 g/mol. The fourth-order valence-electron chi connectivity index (χ4n) is 4.21. The third-order valence-corrected chi connectivity index (χ3v) is 6.22. The van der Waals surface area contributed by atoms with Gasteiger partial charge in [0.2, 0.25) is 5.91 Å². The lowest BCUT2D eigenvalue weighted by molar-refractivity contribution is -0.133. The average Bonchev–Trinajstić information content (AvgIpc) is 2.72. The highest BCUT2D eigenvalue weighted by atomic mass is 16.2. The molecule has 1 aromatic carbocycles. The van der Waals surface area contributed by atoms with Gasteiger partial charge in [-0.25, -0.2) is 0 Å². The van der Waals surface area contributed by atoms with Crippen molar-refractivity contribution in [2.45, 2.75) is 39.5 Å². The molecule has 0 unspecified atom stereocenters. The molecule has 2 aliphatic rings. The number of carbonyl (C=O) groups excluding carboxylic acids is 2. The summed E-state index contributed by atoms with van der Waals surface area (Å²) in [7, 11) is 0. The average molecular weight is 372 g/mol. The lowest BCUT2D eigenvalue weighted by Gasteiger charge is -2.35. The van der Waals surface area contributed by atoms with Gasteiger partial charge in [-0.05, 0) is 50.3 Å². The van der Waals surface area contributed by atoms with Crippen molar-refractivity contribution < 1.29 is 9.59 Å². The molecule has 0 spiro atoms. The van der Waals surface area contributed by atoms with Crippen LogP contribution in [0.1, 0.15) is 48.5 Å². The van der Waals surface area contributed by atoms with Crippen LogP contribution in [-0.2, 0) is 4.79 Å². The molecule has 0 bridgehead atoms. The number of benzene rings is 1. The number of hydrogen-bond acceptors (Lipinski definition) is 3. The monoisotopic (exact) mass is 371 g/mol. The van der Waals surface area contributed by atoms with Crippen LogP contribution in [-0.4, -0.2) is 72.3 Å². The van der Waals surface area contributed by atoms with Gasteiger partial charge in [-0.1, -0.05) is 25.1 Å². The second-order valence-corrected chi connectivity index (χ2v) is 7.90. The molecule has 27 heavy (non-hydrogen) atoms. The first-order chi connectivity index (χ1) is 13.1. The minimum Gasteiger partial charge on any atom is -0.340 e. The minimum absolute atomic E-state index is 0.149. The third-order valence-electron chi connectivity index (χ3n) is 6.22. The number of piperidine rings is 1. The van der Waals surface area contributed by atoms with E-state index in [9.17, 15) is 9.59 Å². The van der Waals surface area contributed by atoms with Gasteiger partial charge in [-0.2, -0.15) is 0 Å². The Labute approximate surface area is 163 Å². The SMILES string of the molecule is CCN1CCN(C(=O)CCC2CCN(C(=O)c3ccccc3C)CC2)CC1. The maximum Gasteiger partial charge on any atom is 0.254 e. The lowest BCUT2D eigenvalue weighted by atomic mass is 9.91. The third kappa shape index (κ3) is 5.10. The summed E-state index contributed by atoms with van der Waals surface area (Å²) in [5.41, 5.74) is 1.86. The zero-order chi connectivity index (χ0) is 19.2. The first-order valence-corrected chi connectivity index (χ1v) is 10.4. The molecule has 2 fully saturated rings. The van der Waals surface area contributed by atoms with Crippen molar-refractivity contribution in [3.63, 3.8) is 0 Å². The topological polar surface area (TPSA) is 43.9 Å². The predicted molar refractivity (Wildman–Crippen MR) is 108 cm³/mol. The van der Waals surface area contributed by atoms with Crippen molar-refractivity contribution in [2.24, 2.45) is 5.92 Å². The van der Waals surface area contributed by atoms with E-state index in [1.807, 2.05) is 41.0 Å². The number of likely N-dealkylation sites (tertiary alicyclic amines) is 1. The predicted octanol–water partition coefficient (Wildman–Crippen LogP) is 2.79. The summed E-state index contributed by atoms with van der Waals surface area (Å²) in [6.07, 6.45) is 3.63. The standard InChI is InChI=1S/C22H33N3O2/c1-3-23-14-16-24(17-15-23)21(26)9-8-19-10-12-25(13-11-19)22(27)20-7-5-4-6-18(20)2/h4-7,19H,3,8-17H2,1-2H3. The molecular formula is C22H33N3O2. The van der Waals surface area contributed by atoms with Crippen LogP contribution in [0, 0.1) is 12.8 Å². The highest BCUT2D eigenvalue weighted by molar-refractivity contribution is 5.95. The van der Waals surface area contributed by atoms with E-state index in [0.717, 1.165) is 76.2 Å². The van der Waals surface area contributed by atoms with Crippen LogP contribution in [0.3, 0.4) is 0 Å². The van der Waals surface area contributed by atoms with Gasteiger partial charge in [0.1, 0.15) is 0 Å². The summed E-state index contributed by atoms with van der Waals surface area (Å²) < 4.78 is 0. The van der Waals surface area contributed by atoms with Crippen molar-refractivity contribution in [3.05, 3.63) is 35.4 Å². The Hall–Kier alpha value is -1.88. The maximum absolute atomic E-state index is 12.7. The van der Waals surface area contributed by atoms with Gasteiger partial charge in [0.25, 0.3) is 5.91 Å². The Morgan fingerprint density at radius 1 is 0.963 bits per heavy atom. The summed E-state index contributed by atoms with van der Waals surface area (Å²) >= 11 is 0. The van der Waals surface area contributed by atoms with E-state index in [1.54, 1.807) is 0 Å². The Kier molecular flexibility index (Phi) is 6.89. The summed E-state index contributed by atoms with van der Waals surface area (Å²) in [5, 5.41) is 0. The van der Waals surface area contributed by atoms with Gasteiger partial charge in [0, 0.05) is 51.3 Å². The molecule has 0 aromatic heterocycles. The van der Waals surface area contributed by atoms with Crippen LogP contribution >= 0.6 is 0 Å². The quantitative estimate of drug-likeness (QED) is 0.799. The molecule has 1 aromatic rings. The number of piperazine rings is 1. The van der Waals surface area contributed by atoms with Crippen LogP contribution in [0.25, 0.3) is 0 Å². The van der Waals surface area contributed by atoms with E-state index in [2.05, 4.69) is 11.8 Å². The highest BCUT2D eigenvalue weighted by Gasteiger charge is 2.26. The zero-order valence-electron chi connectivity index (χ0n) is 16.8. The second kappa shape index (κ2) is 9.36. The smallest absolute Gasteiger partial charge is 0.254 e. The molecule has 148 valence electrons. The molecule has 5 nitrogen and oxygen atoms in total. The molecule has 0 saturated carbocycles. The molecule has 3 rings (SSSR count). The Balaban J connectivity index is 1.40. The first-order valence-electron chi connectivity index (χ1n) is 10.4. The summed E-state index contributed by atoms with van der Waals surface area (Å²) in [5.74, 6) is 1.02. The van der Waals surface area contributed by atoms with Crippen molar-refractivity contribution in [2.75, 3.05) is 45.8 Å². The largest absolute Gasteiger partial charge is 0.340 e. The summed E-state index contributed by atoms with van der Waals surface area (Å²) in [6.45, 7) is 10.6. The maximum atomic E-state index is 12.7. The van der Waals surface area contributed by atoms with Crippen molar-refractivity contribution in [3.8, 4) is 0 Å². The molecule has 2 amide bonds. The molecule has 2 aliphatic heterocycles. The van der Waals surface area contributed by atoms with E-state index in [1.165, 1.54) is 0 Å². The molecule has 0 radical (unpaired) electrons. The summed E-state index contributed by atoms with van der Waals surface area (Å²) in [4.78, 5) is 31.6. The van der Waals surface area contributed by atoms with E-state index in [-0.39, 0.29) is 5.91 Å². The van der Waals surface area contributed by atoms with Crippen molar-refractivity contribution in [1.29, 1.82) is 0 Å². The number of likely N-dealkylation sites (N-methyl/N-ethyl adjacent to an activating group) is 1. The number of aryl methyl sites for hydroxylation is 1.